The lowest BCUT2D eigenvalue weighted by Gasteiger charge is -1.97. The standard InChI is InChI=1S/C8H8N4O2/c1-5-11-12-8(14-5)7-9-4-3-6(10-7)13-2/h3-4H,1-2H3. The summed E-state index contributed by atoms with van der Waals surface area (Å²) < 4.78 is 10.1. The van der Waals surface area contributed by atoms with Gasteiger partial charge in [-0.3, -0.25) is 0 Å². The van der Waals surface area contributed by atoms with Gasteiger partial charge in [-0.25, -0.2) is 4.98 Å². The molecule has 0 saturated heterocycles. The van der Waals surface area contributed by atoms with Crippen LogP contribution < -0.4 is 4.74 Å². The molecule has 6 heteroatoms. The number of ether oxygens (including phenoxy) is 1. The molecule has 72 valence electrons. The summed E-state index contributed by atoms with van der Waals surface area (Å²) in [7, 11) is 1.53. The van der Waals surface area contributed by atoms with Crippen LogP contribution in [0.2, 0.25) is 0 Å². The van der Waals surface area contributed by atoms with E-state index in [1.54, 1.807) is 19.2 Å². The molecule has 0 unspecified atom stereocenters. The van der Waals surface area contributed by atoms with Gasteiger partial charge in [-0.15, -0.1) is 10.2 Å². The second-order valence-corrected chi connectivity index (χ2v) is 2.55. The summed E-state index contributed by atoms with van der Waals surface area (Å²) in [5.41, 5.74) is 0. The van der Waals surface area contributed by atoms with Crippen LogP contribution in [0, 0.1) is 6.92 Å². The first-order valence-corrected chi connectivity index (χ1v) is 3.97. The van der Waals surface area contributed by atoms with Crippen LogP contribution >= 0.6 is 0 Å². The maximum atomic E-state index is 5.17. The summed E-state index contributed by atoms with van der Waals surface area (Å²) >= 11 is 0. The topological polar surface area (TPSA) is 73.9 Å². The molecule has 0 aliphatic heterocycles. The minimum atomic E-state index is 0.293. The number of hydrogen-bond acceptors (Lipinski definition) is 6. The van der Waals surface area contributed by atoms with Gasteiger partial charge in [0.2, 0.25) is 17.6 Å². The van der Waals surface area contributed by atoms with Gasteiger partial charge in [-0.1, -0.05) is 0 Å². The maximum absolute atomic E-state index is 5.17. The van der Waals surface area contributed by atoms with E-state index in [2.05, 4.69) is 20.2 Å². The lowest BCUT2D eigenvalue weighted by molar-refractivity contribution is 0.396. The molecule has 0 spiro atoms. The molecule has 0 saturated carbocycles. The second kappa shape index (κ2) is 3.41. The summed E-state index contributed by atoms with van der Waals surface area (Å²) in [6.07, 6.45) is 1.57. The third-order valence-electron chi connectivity index (χ3n) is 1.56. The number of aryl methyl sites for hydroxylation is 1. The van der Waals surface area contributed by atoms with E-state index in [0.29, 0.717) is 23.5 Å². The molecule has 6 nitrogen and oxygen atoms in total. The van der Waals surface area contributed by atoms with Crippen molar-refractivity contribution >= 4 is 0 Å². The zero-order valence-corrected chi connectivity index (χ0v) is 7.76. The highest BCUT2D eigenvalue weighted by Crippen LogP contribution is 2.14. The Morgan fingerprint density at radius 1 is 1.36 bits per heavy atom. The van der Waals surface area contributed by atoms with Crippen molar-refractivity contribution in [1.29, 1.82) is 0 Å². The van der Waals surface area contributed by atoms with E-state index >= 15 is 0 Å². The van der Waals surface area contributed by atoms with Gasteiger partial charge in [0.25, 0.3) is 5.89 Å². The normalized spacial score (nSPS) is 10.1. The van der Waals surface area contributed by atoms with E-state index in [-0.39, 0.29) is 0 Å². The first-order chi connectivity index (χ1) is 6.79. The van der Waals surface area contributed by atoms with Crippen LogP contribution in [0.1, 0.15) is 5.89 Å². The van der Waals surface area contributed by atoms with Crippen molar-refractivity contribution < 1.29 is 9.15 Å². The first-order valence-electron chi connectivity index (χ1n) is 3.97. The molecule has 2 aromatic heterocycles. The molecule has 0 atom stereocenters. The van der Waals surface area contributed by atoms with Gasteiger partial charge in [-0.2, -0.15) is 4.98 Å². The Balaban J connectivity index is 2.41. The predicted octanol–water partition coefficient (Wildman–Crippen LogP) is 0.844. The fourth-order valence-corrected chi connectivity index (χ4v) is 0.946. The second-order valence-electron chi connectivity index (χ2n) is 2.55. The highest BCUT2D eigenvalue weighted by Gasteiger charge is 2.09. The first kappa shape index (κ1) is 8.61. The summed E-state index contributed by atoms with van der Waals surface area (Å²) in [5, 5.41) is 7.48. The lowest BCUT2D eigenvalue weighted by atomic mass is 10.5. The fraction of sp³-hybridized carbons (Fsp3) is 0.250. The molecule has 2 rings (SSSR count). The van der Waals surface area contributed by atoms with E-state index in [1.165, 1.54) is 7.11 Å². The molecule has 0 amide bonds. The van der Waals surface area contributed by atoms with Crippen LogP contribution in [-0.4, -0.2) is 27.3 Å². The summed E-state index contributed by atoms with van der Waals surface area (Å²) in [4.78, 5) is 8.03. The average molecular weight is 192 g/mol. The molecule has 2 heterocycles. The molecule has 0 N–H and O–H groups in total. The Morgan fingerprint density at radius 2 is 2.21 bits per heavy atom. The van der Waals surface area contributed by atoms with E-state index in [9.17, 15) is 0 Å². The monoisotopic (exact) mass is 192 g/mol. The summed E-state index contributed by atoms with van der Waals surface area (Å²) in [6.45, 7) is 1.71. The van der Waals surface area contributed by atoms with Crippen LogP contribution in [0.3, 0.4) is 0 Å². The summed E-state index contributed by atoms with van der Waals surface area (Å²) in [5.74, 6) is 1.60. The quantitative estimate of drug-likeness (QED) is 0.702. The highest BCUT2D eigenvalue weighted by atomic mass is 16.5. The van der Waals surface area contributed by atoms with E-state index in [0.717, 1.165) is 0 Å². The summed E-state index contributed by atoms with van der Waals surface area (Å²) in [6, 6.07) is 1.65. The number of hydrogen-bond donors (Lipinski definition) is 0. The van der Waals surface area contributed by atoms with Crippen molar-refractivity contribution in [2.45, 2.75) is 6.92 Å². The van der Waals surface area contributed by atoms with Crippen LogP contribution in [0.4, 0.5) is 0 Å². The Kier molecular flexibility index (Phi) is 2.10. The number of methoxy groups -OCH3 is 1. The van der Waals surface area contributed by atoms with Crippen molar-refractivity contribution in [3.8, 4) is 17.6 Å². The van der Waals surface area contributed by atoms with Crippen LogP contribution in [0.25, 0.3) is 11.7 Å². The molecule has 0 aromatic carbocycles. The molecule has 0 aliphatic carbocycles. The number of aromatic nitrogens is 4. The molecule has 0 radical (unpaired) electrons. The fourth-order valence-electron chi connectivity index (χ4n) is 0.946. The minimum absolute atomic E-state index is 0.293. The third kappa shape index (κ3) is 1.54. The van der Waals surface area contributed by atoms with Crippen molar-refractivity contribution in [2.24, 2.45) is 0 Å². The van der Waals surface area contributed by atoms with Crippen LogP contribution in [0.15, 0.2) is 16.7 Å². The van der Waals surface area contributed by atoms with Crippen LogP contribution in [-0.2, 0) is 0 Å². The van der Waals surface area contributed by atoms with E-state index in [1.807, 2.05) is 0 Å². The lowest BCUT2D eigenvalue weighted by Crippen LogP contribution is -1.92. The van der Waals surface area contributed by atoms with E-state index < -0.39 is 0 Å². The number of rotatable bonds is 2. The zero-order valence-electron chi connectivity index (χ0n) is 7.76. The predicted molar refractivity (Wildman–Crippen MR) is 46.6 cm³/mol. The minimum Gasteiger partial charge on any atom is -0.481 e. The van der Waals surface area contributed by atoms with Gasteiger partial charge in [0.15, 0.2) is 0 Å². The van der Waals surface area contributed by atoms with Crippen LogP contribution in [0.5, 0.6) is 5.88 Å². The van der Waals surface area contributed by atoms with Gasteiger partial charge in [0.1, 0.15) is 0 Å². The zero-order chi connectivity index (χ0) is 9.97. The van der Waals surface area contributed by atoms with Crippen molar-refractivity contribution in [3.63, 3.8) is 0 Å². The van der Waals surface area contributed by atoms with Gasteiger partial charge in [0, 0.05) is 19.2 Å². The third-order valence-corrected chi connectivity index (χ3v) is 1.56. The van der Waals surface area contributed by atoms with Gasteiger partial charge < -0.3 is 9.15 Å². The Hall–Kier alpha value is -1.98. The van der Waals surface area contributed by atoms with Crippen molar-refractivity contribution in [3.05, 3.63) is 18.2 Å². The molecule has 0 fully saturated rings. The Labute approximate surface area is 80.0 Å². The van der Waals surface area contributed by atoms with Crippen molar-refractivity contribution in [2.75, 3.05) is 7.11 Å². The SMILES string of the molecule is COc1ccnc(-c2nnc(C)o2)n1. The number of nitrogens with zero attached hydrogens (tertiary/aromatic N) is 4. The van der Waals surface area contributed by atoms with E-state index in [4.69, 9.17) is 9.15 Å². The maximum Gasteiger partial charge on any atom is 0.285 e. The smallest absolute Gasteiger partial charge is 0.285 e. The Morgan fingerprint density at radius 3 is 2.86 bits per heavy atom. The largest absolute Gasteiger partial charge is 0.481 e. The molecule has 0 aliphatic rings. The highest BCUT2D eigenvalue weighted by molar-refractivity contribution is 5.39. The Bertz CT molecular complexity index is 440. The molecular weight excluding hydrogens is 184 g/mol. The van der Waals surface area contributed by atoms with Gasteiger partial charge in [0.05, 0.1) is 7.11 Å². The average Bonchev–Trinajstić information content (AvgIpc) is 2.65. The molecule has 2 aromatic rings. The molecule has 0 bridgehead atoms. The molecule has 14 heavy (non-hydrogen) atoms. The van der Waals surface area contributed by atoms with Crippen molar-refractivity contribution in [1.82, 2.24) is 20.2 Å². The van der Waals surface area contributed by atoms with Gasteiger partial charge >= 0.3 is 0 Å². The van der Waals surface area contributed by atoms with Gasteiger partial charge in [-0.05, 0) is 0 Å². The molecular formula is C8H8N4O2.